The molecule has 0 fully saturated rings. The van der Waals surface area contributed by atoms with Crippen molar-refractivity contribution in [3.8, 4) is 0 Å². The summed E-state index contributed by atoms with van der Waals surface area (Å²) in [5.41, 5.74) is 1.44. The topological polar surface area (TPSA) is 28.4 Å². The molecule has 1 aliphatic heterocycles. The van der Waals surface area contributed by atoms with Crippen LogP contribution in [0.15, 0.2) is 52.0 Å². The Hall–Kier alpha value is -1.23. The fourth-order valence-electron chi connectivity index (χ4n) is 2.83. The summed E-state index contributed by atoms with van der Waals surface area (Å²) in [6, 6.07) is 13.5. The van der Waals surface area contributed by atoms with E-state index in [1.165, 1.54) is 22.6 Å². The standard InChI is InChI=1S/C17H22N2OS/c1-19(2)15(16-7-5-10-20-16)12-18-14-9-11-21-17-8-4-3-6-13(14)17/h3-8,10,14-15,18H,9,11-12H2,1-2H3. The maximum atomic E-state index is 5.58. The Morgan fingerprint density at radius 3 is 2.90 bits per heavy atom. The van der Waals surface area contributed by atoms with Crippen molar-refractivity contribution in [3.05, 3.63) is 54.0 Å². The Bertz CT molecular complexity index is 568. The smallest absolute Gasteiger partial charge is 0.122 e. The molecule has 0 radical (unpaired) electrons. The number of hydrogen-bond acceptors (Lipinski definition) is 4. The third kappa shape index (κ3) is 3.34. The monoisotopic (exact) mass is 302 g/mol. The average molecular weight is 302 g/mol. The predicted molar refractivity (Wildman–Crippen MR) is 87.7 cm³/mol. The first-order valence-electron chi connectivity index (χ1n) is 7.40. The van der Waals surface area contributed by atoms with E-state index in [1.54, 1.807) is 6.26 Å². The van der Waals surface area contributed by atoms with Gasteiger partial charge >= 0.3 is 0 Å². The van der Waals surface area contributed by atoms with E-state index < -0.39 is 0 Å². The molecule has 0 spiro atoms. The highest BCUT2D eigenvalue weighted by molar-refractivity contribution is 7.99. The number of thioether (sulfide) groups is 1. The van der Waals surface area contributed by atoms with Gasteiger partial charge in [0.2, 0.25) is 0 Å². The third-order valence-electron chi connectivity index (χ3n) is 4.01. The van der Waals surface area contributed by atoms with Crippen molar-refractivity contribution in [3.63, 3.8) is 0 Å². The predicted octanol–water partition coefficient (Wildman–Crippen LogP) is 3.71. The first-order chi connectivity index (χ1) is 10.3. The molecule has 3 nitrogen and oxygen atoms in total. The summed E-state index contributed by atoms with van der Waals surface area (Å²) in [5.74, 6) is 2.20. The first-order valence-corrected chi connectivity index (χ1v) is 8.39. The van der Waals surface area contributed by atoms with Gasteiger partial charge in [-0.2, -0.15) is 0 Å². The van der Waals surface area contributed by atoms with Crippen LogP contribution in [0.25, 0.3) is 0 Å². The van der Waals surface area contributed by atoms with Gasteiger partial charge in [-0.15, -0.1) is 11.8 Å². The van der Waals surface area contributed by atoms with Gasteiger partial charge in [-0.05, 0) is 50.0 Å². The second-order valence-corrected chi connectivity index (χ2v) is 6.77. The van der Waals surface area contributed by atoms with Crippen LogP contribution in [-0.2, 0) is 0 Å². The Balaban J connectivity index is 1.70. The molecule has 0 aliphatic carbocycles. The quantitative estimate of drug-likeness (QED) is 0.911. The minimum absolute atomic E-state index is 0.266. The second-order valence-electron chi connectivity index (χ2n) is 5.63. The van der Waals surface area contributed by atoms with E-state index in [0.29, 0.717) is 6.04 Å². The Labute approximate surface area is 130 Å². The van der Waals surface area contributed by atoms with E-state index in [-0.39, 0.29) is 6.04 Å². The molecule has 3 rings (SSSR count). The molecular weight excluding hydrogens is 280 g/mol. The van der Waals surface area contributed by atoms with Gasteiger partial charge in [0.05, 0.1) is 12.3 Å². The van der Waals surface area contributed by atoms with Gasteiger partial charge in [-0.3, -0.25) is 4.90 Å². The lowest BCUT2D eigenvalue weighted by Crippen LogP contribution is -2.34. The van der Waals surface area contributed by atoms with Crippen molar-refractivity contribution >= 4 is 11.8 Å². The zero-order valence-electron chi connectivity index (χ0n) is 12.6. The molecule has 21 heavy (non-hydrogen) atoms. The van der Waals surface area contributed by atoms with E-state index in [4.69, 9.17) is 4.42 Å². The molecular formula is C17H22N2OS. The van der Waals surface area contributed by atoms with E-state index in [9.17, 15) is 0 Å². The van der Waals surface area contributed by atoms with Crippen molar-refractivity contribution in [2.45, 2.75) is 23.4 Å². The molecule has 1 N–H and O–H groups in total. The summed E-state index contributed by atoms with van der Waals surface area (Å²) in [6.07, 6.45) is 2.93. The van der Waals surface area contributed by atoms with Crippen molar-refractivity contribution in [2.24, 2.45) is 0 Å². The summed E-state index contributed by atoms with van der Waals surface area (Å²) in [6.45, 7) is 0.893. The Morgan fingerprint density at radius 1 is 1.29 bits per heavy atom. The lowest BCUT2D eigenvalue weighted by Gasteiger charge is -2.29. The fraction of sp³-hybridized carbons (Fsp3) is 0.412. The lowest BCUT2D eigenvalue weighted by atomic mass is 10.0. The van der Waals surface area contributed by atoms with E-state index >= 15 is 0 Å². The molecule has 0 bridgehead atoms. The van der Waals surface area contributed by atoms with Crippen LogP contribution in [0.5, 0.6) is 0 Å². The molecule has 0 saturated carbocycles. The van der Waals surface area contributed by atoms with Crippen LogP contribution in [0, 0.1) is 0 Å². The Kier molecular flexibility index (Phi) is 4.68. The SMILES string of the molecule is CN(C)C(CNC1CCSc2ccccc21)c1ccco1. The number of fused-ring (bicyclic) bond motifs is 1. The highest BCUT2D eigenvalue weighted by atomic mass is 32.2. The van der Waals surface area contributed by atoms with Gasteiger partial charge in [0.15, 0.2) is 0 Å². The van der Waals surface area contributed by atoms with Crippen molar-refractivity contribution in [1.82, 2.24) is 10.2 Å². The van der Waals surface area contributed by atoms with Crippen LogP contribution in [0.2, 0.25) is 0 Å². The lowest BCUT2D eigenvalue weighted by molar-refractivity contribution is 0.242. The van der Waals surface area contributed by atoms with E-state index in [0.717, 1.165) is 12.3 Å². The third-order valence-corrected chi connectivity index (χ3v) is 5.13. The average Bonchev–Trinajstić information content (AvgIpc) is 3.01. The number of rotatable bonds is 5. The van der Waals surface area contributed by atoms with Crippen molar-refractivity contribution < 1.29 is 4.42 Å². The van der Waals surface area contributed by atoms with Gasteiger partial charge in [0, 0.05) is 17.5 Å². The van der Waals surface area contributed by atoms with Gasteiger partial charge in [0.1, 0.15) is 5.76 Å². The first kappa shape index (κ1) is 14.7. The van der Waals surface area contributed by atoms with Gasteiger partial charge in [-0.1, -0.05) is 18.2 Å². The summed E-state index contributed by atoms with van der Waals surface area (Å²) in [7, 11) is 4.19. The number of likely N-dealkylation sites (N-methyl/N-ethyl adjacent to an activating group) is 1. The van der Waals surface area contributed by atoms with Crippen molar-refractivity contribution in [1.29, 1.82) is 0 Å². The van der Waals surface area contributed by atoms with Crippen molar-refractivity contribution in [2.75, 3.05) is 26.4 Å². The molecule has 0 saturated heterocycles. The molecule has 2 aromatic rings. The largest absolute Gasteiger partial charge is 0.468 e. The molecule has 1 aromatic carbocycles. The molecule has 2 heterocycles. The van der Waals surface area contributed by atoms with Crippen LogP contribution in [-0.4, -0.2) is 31.3 Å². The highest BCUT2D eigenvalue weighted by Gasteiger charge is 2.23. The molecule has 0 amide bonds. The molecule has 1 aliphatic rings. The normalized spacial score (nSPS) is 19.5. The minimum Gasteiger partial charge on any atom is -0.468 e. The summed E-state index contributed by atoms with van der Waals surface area (Å²) >= 11 is 1.96. The number of nitrogens with zero attached hydrogens (tertiary/aromatic N) is 1. The minimum atomic E-state index is 0.266. The summed E-state index contributed by atoms with van der Waals surface area (Å²) < 4.78 is 5.58. The van der Waals surface area contributed by atoms with Crippen LogP contribution in [0.3, 0.4) is 0 Å². The highest BCUT2D eigenvalue weighted by Crippen LogP contribution is 2.36. The number of benzene rings is 1. The maximum Gasteiger partial charge on any atom is 0.122 e. The Morgan fingerprint density at radius 2 is 2.14 bits per heavy atom. The number of nitrogens with one attached hydrogen (secondary N) is 1. The summed E-state index contributed by atoms with van der Waals surface area (Å²) in [4.78, 5) is 3.62. The van der Waals surface area contributed by atoms with E-state index in [2.05, 4.69) is 54.6 Å². The molecule has 112 valence electrons. The zero-order chi connectivity index (χ0) is 14.7. The summed E-state index contributed by atoms with van der Waals surface area (Å²) in [5, 5.41) is 3.73. The zero-order valence-corrected chi connectivity index (χ0v) is 13.4. The maximum absolute atomic E-state index is 5.58. The molecule has 4 heteroatoms. The number of hydrogen-bond donors (Lipinski definition) is 1. The fourth-order valence-corrected chi connectivity index (χ4v) is 3.95. The second kappa shape index (κ2) is 6.69. The molecule has 1 aromatic heterocycles. The molecule has 2 atom stereocenters. The van der Waals surface area contributed by atoms with Crippen LogP contribution in [0.1, 0.15) is 29.8 Å². The van der Waals surface area contributed by atoms with Gasteiger partial charge < -0.3 is 9.73 Å². The number of furan rings is 1. The van der Waals surface area contributed by atoms with Crippen LogP contribution >= 0.6 is 11.8 Å². The van der Waals surface area contributed by atoms with Crippen LogP contribution in [0.4, 0.5) is 0 Å². The molecule has 2 unspecified atom stereocenters. The van der Waals surface area contributed by atoms with E-state index in [1.807, 2.05) is 17.8 Å². The van der Waals surface area contributed by atoms with Gasteiger partial charge in [-0.25, -0.2) is 0 Å². The van der Waals surface area contributed by atoms with Crippen LogP contribution < -0.4 is 5.32 Å². The van der Waals surface area contributed by atoms with Gasteiger partial charge in [0.25, 0.3) is 0 Å².